The van der Waals surface area contributed by atoms with E-state index in [1.807, 2.05) is 45.8 Å². The van der Waals surface area contributed by atoms with Crippen molar-refractivity contribution in [1.29, 1.82) is 0 Å². The number of benzene rings is 1. The van der Waals surface area contributed by atoms with Crippen LogP contribution in [-0.2, 0) is 12.7 Å². The SMILES string of the molecule is FC(F)(F)c1ccc(C[n+]2ccn3ccccc32)cc1. The summed E-state index contributed by atoms with van der Waals surface area (Å²) in [6, 6.07) is 11.1. The van der Waals surface area contributed by atoms with Crippen molar-refractivity contribution in [3.05, 3.63) is 72.2 Å². The molecule has 2 nitrogen and oxygen atoms in total. The zero-order valence-electron chi connectivity index (χ0n) is 10.5. The highest BCUT2D eigenvalue weighted by atomic mass is 19.4. The fraction of sp³-hybridized carbons (Fsp3) is 0.133. The van der Waals surface area contributed by atoms with Crippen molar-refractivity contribution in [2.75, 3.05) is 0 Å². The average Bonchev–Trinajstić information content (AvgIpc) is 2.82. The molecule has 1 aromatic carbocycles. The second-order valence-corrected chi connectivity index (χ2v) is 4.59. The van der Waals surface area contributed by atoms with Gasteiger partial charge < -0.3 is 0 Å². The molecule has 0 spiro atoms. The van der Waals surface area contributed by atoms with Crippen LogP contribution >= 0.6 is 0 Å². The van der Waals surface area contributed by atoms with Crippen LogP contribution in [0.15, 0.2) is 61.1 Å². The molecule has 0 saturated heterocycles. The molecule has 2 heterocycles. The minimum Gasteiger partial charge on any atom is -0.226 e. The minimum absolute atomic E-state index is 0.540. The summed E-state index contributed by atoms with van der Waals surface area (Å²) in [6.07, 6.45) is 1.47. The molecule has 0 aliphatic carbocycles. The van der Waals surface area contributed by atoms with Crippen LogP contribution in [0.1, 0.15) is 11.1 Å². The van der Waals surface area contributed by atoms with Gasteiger partial charge in [-0.25, -0.2) is 8.97 Å². The first-order chi connectivity index (χ1) is 9.54. The molecule has 0 atom stereocenters. The lowest BCUT2D eigenvalue weighted by atomic mass is 10.1. The van der Waals surface area contributed by atoms with Crippen LogP contribution in [0.2, 0.25) is 0 Å². The van der Waals surface area contributed by atoms with E-state index in [0.717, 1.165) is 23.3 Å². The largest absolute Gasteiger partial charge is 0.416 e. The van der Waals surface area contributed by atoms with Crippen molar-refractivity contribution in [2.45, 2.75) is 12.7 Å². The van der Waals surface area contributed by atoms with Gasteiger partial charge in [-0.2, -0.15) is 13.2 Å². The van der Waals surface area contributed by atoms with Gasteiger partial charge in [0.15, 0.2) is 0 Å². The van der Waals surface area contributed by atoms with E-state index in [1.165, 1.54) is 12.1 Å². The zero-order valence-corrected chi connectivity index (χ0v) is 10.5. The summed E-state index contributed by atoms with van der Waals surface area (Å²) in [6.45, 7) is 0.540. The minimum atomic E-state index is -4.28. The highest BCUT2D eigenvalue weighted by Crippen LogP contribution is 2.29. The van der Waals surface area contributed by atoms with Gasteiger partial charge in [0.1, 0.15) is 18.9 Å². The summed E-state index contributed by atoms with van der Waals surface area (Å²) in [7, 11) is 0. The molecule has 0 amide bonds. The van der Waals surface area contributed by atoms with Gasteiger partial charge in [0, 0.05) is 6.07 Å². The van der Waals surface area contributed by atoms with Crippen LogP contribution in [0.3, 0.4) is 0 Å². The fourth-order valence-electron chi connectivity index (χ4n) is 2.17. The monoisotopic (exact) mass is 277 g/mol. The second-order valence-electron chi connectivity index (χ2n) is 4.59. The molecule has 2 aromatic heterocycles. The first kappa shape index (κ1) is 12.7. The van der Waals surface area contributed by atoms with Crippen molar-refractivity contribution in [1.82, 2.24) is 4.40 Å². The fourth-order valence-corrected chi connectivity index (χ4v) is 2.17. The van der Waals surface area contributed by atoms with Crippen LogP contribution in [0.5, 0.6) is 0 Å². The topological polar surface area (TPSA) is 8.29 Å². The first-order valence-corrected chi connectivity index (χ1v) is 6.15. The molecule has 0 saturated carbocycles. The number of fused-ring (bicyclic) bond motifs is 1. The molecule has 0 bridgehead atoms. The van der Waals surface area contributed by atoms with Gasteiger partial charge in [-0.05, 0) is 23.8 Å². The third-order valence-corrected chi connectivity index (χ3v) is 3.20. The molecule has 0 aliphatic heterocycles. The molecule has 0 unspecified atom stereocenters. The molecule has 20 heavy (non-hydrogen) atoms. The van der Waals surface area contributed by atoms with Gasteiger partial charge in [0.2, 0.25) is 0 Å². The van der Waals surface area contributed by atoms with Gasteiger partial charge in [-0.15, -0.1) is 0 Å². The Bertz CT molecular complexity index is 727. The van der Waals surface area contributed by atoms with Gasteiger partial charge in [0.05, 0.1) is 11.8 Å². The van der Waals surface area contributed by atoms with Crippen LogP contribution in [0.4, 0.5) is 13.2 Å². The van der Waals surface area contributed by atoms with E-state index in [4.69, 9.17) is 0 Å². The van der Waals surface area contributed by atoms with Gasteiger partial charge >= 0.3 is 6.18 Å². The molecular weight excluding hydrogens is 265 g/mol. The van der Waals surface area contributed by atoms with Crippen LogP contribution in [0, 0.1) is 0 Å². The van der Waals surface area contributed by atoms with E-state index < -0.39 is 11.7 Å². The lowest BCUT2D eigenvalue weighted by molar-refractivity contribution is -0.661. The highest BCUT2D eigenvalue weighted by molar-refractivity contribution is 5.31. The van der Waals surface area contributed by atoms with E-state index in [9.17, 15) is 13.2 Å². The Balaban J connectivity index is 1.88. The number of imidazole rings is 1. The Morgan fingerprint density at radius 1 is 0.950 bits per heavy atom. The smallest absolute Gasteiger partial charge is 0.226 e. The van der Waals surface area contributed by atoms with Gasteiger partial charge in [-0.3, -0.25) is 0 Å². The van der Waals surface area contributed by atoms with E-state index in [2.05, 4.69) is 0 Å². The summed E-state index contributed by atoms with van der Waals surface area (Å²) < 4.78 is 41.4. The molecule has 3 aromatic rings. The summed E-state index contributed by atoms with van der Waals surface area (Å²) in [5, 5.41) is 0. The van der Waals surface area contributed by atoms with E-state index >= 15 is 0 Å². The van der Waals surface area contributed by atoms with E-state index in [1.54, 1.807) is 0 Å². The maximum Gasteiger partial charge on any atom is 0.416 e. The van der Waals surface area contributed by atoms with Gasteiger partial charge in [0.25, 0.3) is 5.65 Å². The Hall–Kier alpha value is -2.30. The summed E-state index contributed by atoms with van der Waals surface area (Å²) in [4.78, 5) is 0. The quantitative estimate of drug-likeness (QED) is 0.635. The number of nitrogens with zero attached hydrogens (tertiary/aromatic N) is 2. The maximum atomic E-state index is 12.5. The molecular formula is C15H12F3N2+. The van der Waals surface area contributed by atoms with Crippen molar-refractivity contribution in [3.63, 3.8) is 0 Å². The van der Waals surface area contributed by atoms with Crippen molar-refractivity contribution >= 4 is 5.65 Å². The van der Waals surface area contributed by atoms with Crippen molar-refractivity contribution in [3.8, 4) is 0 Å². The van der Waals surface area contributed by atoms with Crippen molar-refractivity contribution < 1.29 is 17.7 Å². The molecule has 102 valence electrons. The second kappa shape index (κ2) is 4.67. The number of aromatic nitrogens is 2. The number of halogens is 3. The lowest BCUT2D eigenvalue weighted by Gasteiger charge is -2.06. The Morgan fingerprint density at radius 3 is 2.40 bits per heavy atom. The predicted molar refractivity (Wildman–Crippen MR) is 68.1 cm³/mol. The molecule has 0 fully saturated rings. The third-order valence-electron chi connectivity index (χ3n) is 3.20. The molecule has 0 radical (unpaired) electrons. The average molecular weight is 277 g/mol. The normalized spacial score (nSPS) is 11.9. The summed E-state index contributed by atoms with van der Waals surface area (Å²) in [5.41, 5.74) is 1.21. The maximum absolute atomic E-state index is 12.5. The van der Waals surface area contributed by atoms with Gasteiger partial charge in [-0.1, -0.05) is 18.2 Å². The molecule has 3 rings (SSSR count). The number of hydrogen-bond donors (Lipinski definition) is 0. The Labute approximate surface area is 113 Å². The van der Waals surface area contributed by atoms with E-state index in [-0.39, 0.29) is 0 Å². The molecule has 5 heteroatoms. The van der Waals surface area contributed by atoms with Crippen LogP contribution in [0.25, 0.3) is 5.65 Å². The number of hydrogen-bond acceptors (Lipinski definition) is 0. The van der Waals surface area contributed by atoms with Crippen LogP contribution in [-0.4, -0.2) is 4.40 Å². The Kier molecular flexibility index (Phi) is 2.97. The summed E-state index contributed by atoms with van der Waals surface area (Å²) in [5.74, 6) is 0. The molecule has 0 N–H and O–H groups in total. The Morgan fingerprint density at radius 2 is 1.70 bits per heavy atom. The highest BCUT2D eigenvalue weighted by Gasteiger charge is 2.29. The number of pyridine rings is 1. The van der Waals surface area contributed by atoms with E-state index in [0.29, 0.717) is 6.54 Å². The zero-order chi connectivity index (χ0) is 14.2. The molecule has 0 aliphatic rings. The number of rotatable bonds is 2. The first-order valence-electron chi connectivity index (χ1n) is 6.15. The predicted octanol–water partition coefficient (Wildman–Crippen LogP) is 3.29. The standard InChI is InChI=1S/C15H12F3N2/c16-15(17,18)13-6-4-12(5-7-13)11-20-10-9-19-8-2-1-3-14(19)20/h1-10H,11H2/q+1. The van der Waals surface area contributed by atoms with Crippen LogP contribution < -0.4 is 4.57 Å². The lowest BCUT2D eigenvalue weighted by Crippen LogP contribution is -2.32. The third kappa shape index (κ3) is 2.39. The summed E-state index contributed by atoms with van der Waals surface area (Å²) >= 11 is 0. The number of alkyl halides is 3. The van der Waals surface area contributed by atoms with Crippen molar-refractivity contribution in [2.24, 2.45) is 0 Å².